The summed E-state index contributed by atoms with van der Waals surface area (Å²) in [7, 11) is 0. The van der Waals surface area contributed by atoms with Crippen LogP contribution in [0.1, 0.15) is 32.8 Å². The molecule has 4 nitrogen and oxygen atoms in total. The Labute approximate surface area is 136 Å². The second-order valence-corrected chi connectivity index (χ2v) is 6.52. The van der Waals surface area contributed by atoms with Gasteiger partial charge in [-0.1, -0.05) is 42.5 Å². The fourth-order valence-corrected chi connectivity index (χ4v) is 3.61. The average Bonchev–Trinajstić information content (AvgIpc) is 2.43. The molecule has 1 aliphatic rings. The van der Waals surface area contributed by atoms with E-state index in [1.54, 1.807) is 12.2 Å². The molecule has 0 saturated heterocycles. The first-order valence-corrected chi connectivity index (χ1v) is 7.73. The van der Waals surface area contributed by atoms with Crippen molar-refractivity contribution in [1.82, 2.24) is 0 Å². The van der Waals surface area contributed by atoms with Gasteiger partial charge in [0, 0.05) is 12.3 Å². The smallest absolute Gasteiger partial charge is 0.146 e. The molecule has 122 valence electrons. The van der Waals surface area contributed by atoms with Crippen LogP contribution in [-0.4, -0.2) is 28.1 Å². The number of aliphatic hydroxyl groups is 1. The van der Waals surface area contributed by atoms with Crippen LogP contribution in [0.2, 0.25) is 0 Å². The minimum atomic E-state index is -1.43. The van der Waals surface area contributed by atoms with Crippen LogP contribution in [-0.2, 0) is 14.4 Å². The lowest BCUT2D eigenvalue weighted by atomic mass is 9.61. The molecule has 0 unspecified atom stereocenters. The van der Waals surface area contributed by atoms with E-state index in [0.717, 1.165) is 5.56 Å². The van der Waals surface area contributed by atoms with E-state index in [4.69, 9.17) is 0 Å². The lowest BCUT2D eigenvalue weighted by molar-refractivity contribution is -0.153. The molecular formula is C19H22O4. The Kier molecular flexibility index (Phi) is 4.95. The maximum atomic E-state index is 12.3. The van der Waals surface area contributed by atoms with Gasteiger partial charge in [0.2, 0.25) is 0 Å². The minimum absolute atomic E-state index is 0.169. The number of rotatable bonds is 4. The summed E-state index contributed by atoms with van der Waals surface area (Å²) >= 11 is 0. The largest absolute Gasteiger partial charge is 0.389 e. The molecule has 0 heterocycles. The second kappa shape index (κ2) is 6.59. The standard InChI is InChI=1S/C19H22O4/c1-12(20)17-15(10-9-14-7-5-4-6-8-14)18(13(2)21)19(3,23)11-16(17)22/h4-10,15,17-18,23H,11H2,1-3H3/b10-9+/t15-,17-,18-,19+/m1/s1. The van der Waals surface area contributed by atoms with Crippen LogP contribution in [0.5, 0.6) is 0 Å². The molecule has 1 aliphatic carbocycles. The fourth-order valence-electron chi connectivity index (χ4n) is 3.61. The fraction of sp³-hybridized carbons (Fsp3) is 0.421. The van der Waals surface area contributed by atoms with Crippen LogP contribution in [0.4, 0.5) is 0 Å². The molecule has 0 radical (unpaired) electrons. The van der Waals surface area contributed by atoms with Gasteiger partial charge in [-0.2, -0.15) is 0 Å². The quantitative estimate of drug-likeness (QED) is 0.867. The van der Waals surface area contributed by atoms with Crippen molar-refractivity contribution >= 4 is 23.4 Å². The molecule has 4 heteroatoms. The van der Waals surface area contributed by atoms with Crippen molar-refractivity contribution in [2.45, 2.75) is 32.8 Å². The van der Waals surface area contributed by atoms with Gasteiger partial charge in [-0.15, -0.1) is 0 Å². The number of benzene rings is 1. The van der Waals surface area contributed by atoms with Crippen LogP contribution >= 0.6 is 0 Å². The lowest BCUT2D eigenvalue weighted by Crippen LogP contribution is -2.54. The SMILES string of the molecule is CC(=O)[C@H]1C(=O)C[C@](C)(O)[C@H](C(C)=O)[C@@H]1/C=C/c1ccccc1. The monoisotopic (exact) mass is 314 g/mol. The summed E-state index contributed by atoms with van der Waals surface area (Å²) in [6, 6.07) is 9.44. The van der Waals surface area contributed by atoms with Crippen molar-refractivity contribution in [2.24, 2.45) is 17.8 Å². The lowest BCUT2D eigenvalue weighted by Gasteiger charge is -2.42. The summed E-state index contributed by atoms with van der Waals surface area (Å²) in [4.78, 5) is 36.4. The molecule has 1 aromatic rings. The predicted octanol–water partition coefficient (Wildman–Crippen LogP) is 2.45. The Morgan fingerprint density at radius 3 is 2.30 bits per heavy atom. The molecule has 1 aromatic carbocycles. The van der Waals surface area contributed by atoms with Gasteiger partial charge >= 0.3 is 0 Å². The molecule has 23 heavy (non-hydrogen) atoms. The highest BCUT2D eigenvalue weighted by molar-refractivity contribution is 6.04. The van der Waals surface area contributed by atoms with E-state index in [1.165, 1.54) is 20.8 Å². The average molecular weight is 314 g/mol. The van der Waals surface area contributed by atoms with Crippen molar-refractivity contribution in [3.05, 3.63) is 42.0 Å². The molecule has 1 saturated carbocycles. The van der Waals surface area contributed by atoms with Crippen molar-refractivity contribution < 1.29 is 19.5 Å². The van der Waals surface area contributed by atoms with Gasteiger partial charge in [-0.3, -0.25) is 14.4 Å². The number of allylic oxidation sites excluding steroid dienone is 1. The van der Waals surface area contributed by atoms with Gasteiger partial charge in [0.25, 0.3) is 0 Å². The highest BCUT2D eigenvalue weighted by atomic mass is 16.3. The van der Waals surface area contributed by atoms with Crippen molar-refractivity contribution in [1.29, 1.82) is 0 Å². The highest BCUT2D eigenvalue weighted by Gasteiger charge is 2.52. The van der Waals surface area contributed by atoms with E-state index in [-0.39, 0.29) is 23.8 Å². The topological polar surface area (TPSA) is 71.4 Å². The van der Waals surface area contributed by atoms with Crippen molar-refractivity contribution in [3.8, 4) is 0 Å². The third-order valence-corrected chi connectivity index (χ3v) is 4.51. The third-order valence-electron chi connectivity index (χ3n) is 4.51. The van der Waals surface area contributed by atoms with Crippen LogP contribution in [0.25, 0.3) is 6.08 Å². The number of ketones is 3. The van der Waals surface area contributed by atoms with E-state index in [9.17, 15) is 19.5 Å². The van der Waals surface area contributed by atoms with E-state index in [0.29, 0.717) is 0 Å². The summed E-state index contributed by atoms with van der Waals surface area (Å²) < 4.78 is 0. The first-order valence-electron chi connectivity index (χ1n) is 7.73. The summed E-state index contributed by atoms with van der Waals surface area (Å²) in [5, 5.41) is 10.6. The molecule has 1 fully saturated rings. The molecule has 0 aliphatic heterocycles. The van der Waals surface area contributed by atoms with E-state index >= 15 is 0 Å². The van der Waals surface area contributed by atoms with Crippen LogP contribution in [0, 0.1) is 17.8 Å². The Balaban J connectivity index is 2.45. The van der Waals surface area contributed by atoms with Crippen LogP contribution in [0.15, 0.2) is 36.4 Å². The van der Waals surface area contributed by atoms with Crippen molar-refractivity contribution in [3.63, 3.8) is 0 Å². The van der Waals surface area contributed by atoms with Gasteiger partial charge in [0.1, 0.15) is 17.3 Å². The first kappa shape index (κ1) is 17.3. The van der Waals surface area contributed by atoms with Gasteiger partial charge in [0.05, 0.1) is 17.4 Å². The summed E-state index contributed by atoms with van der Waals surface area (Å²) in [6.45, 7) is 4.26. The molecule has 0 bridgehead atoms. The van der Waals surface area contributed by atoms with Crippen molar-refractivity contribution in [2.75, 3.05) is 0 Å². The number of hydrogen-bond donors (Lipinski definition) is 1. The Morgan fingerprint density at radius 2 is 1.78 bits per heavy atom. The second-order valence-electron chi connectivity index (χ2n) is 6.52. The maximum Gasteiger partial charge on any atom is 0.146 e. The van der Waals surface area contributed by atoms with E-state index in [1.807, 2.05) is 30.3 Å². The third kappa shape index (κ3) is 3.64. The van der Waals surface area contributed by atoms with Gasteiger partial charge in [-0.25, -0.2) is 0 Å². The molecule has 0 amide bonds. The molecule has 2 rings (SSSR count). The normalized spacial score (nSPS) is 31.3. The molecule has 4 atom stereocenters. The molecule has 1 N–H and O–H groups in total. The van der Waals surface area contributed by atoms with Crippen LogP contribution < -0.4 is 0 Å². The first-order chi connectivity index (χ1) is 10.7. The Hall–Kier alpha value is -2.07. The zero-order valence-electron chi connectivity index (χ0n) is 13.7. The Bertz CT molecular complexity index is 643. The molecular weight excluding hydrogens is 292 g/mol. The maximum absolute atomic E-state index is 12.3. The number of hydrogen-bond acceptors (Lipinski definition) is 4. The van der Waals surface area contributed by atoms with Crippen LogP contribution in [0.3, 0.4) is 0 Å². The molecule has 0 aromatic heterocycles. The zero-order chi connectivity index (χ0) is 17.2. The van der Waals surface area contributed by atoms with Gasteiger partial charge < -0.3 is 5.11 Å². The number of Topliss-reactive ketones (excluding diaryl/α,β-unsaturated/α-hetero) is 3. The number of carbonyl (C=O) groups is 3. The van der Waals surface area contributed by atoms with Gasteiger partial charge in [-0.05, 0) is 26.3 Å². The molecule has 0 spiro atoms. The van der Waals surface area contributed by atoms with E-state index in [2.05, 4.69) is 0 Å². The van der Waals surface area contributed by atoms with E-state index < -0.39 is 23.4 Å². The minimum Gasteiger partial charge on any atom is -0.389 e. The summed E-state index contributed by atoms with van der Waals surface area (Å²) in [5.74, 6) is -3.04. The Morgan fingerprint density at radius 1 is 1.17 bits per heavy atom. The zero-order valence-corrected chi connectivity index (χ0v) is 13.7. The summed E-state index contributed by atoms with van der Waals surface area (Å²) in [5.41, 5.74) is -0.518. The summed E-state index contributed by atoms with van der Waals surface area (Å²) in [6.07, 6.45) is 3.35. The van der Waals surface area contributed by atoms with Gasteiger partial charge in [0.15, 0.2) is 0 Å². The highest BCUT2D eigenvalue weighted by Crippen LogP contribution is 2.41. The predicted molar refractivity (Wildman–Crippen MR) is 87.6 cm³/mol. The number of carbonyl (C=O) groups excluding carboxylic acids is 3.